The van der Waals surface area contributed by atoms with Gasteiger partial charge in [0.25, 0.3) is 0 Å². The van der Waals surface area contributed by atoms with Crippen molar-refractivity contribution in [2.75, 3.05) is 11.9 Å². The van der Waals surface area contributed by atoms with E-state index in [2.05, 4.69) is 31.2 Å². The number of fused-ring (bicyclic) bond motifs is 1. The quantitative estimate of drug-likeness (QED) is 0.740. The number of aliphatic carboxylic acids is 1. The molecule has 0 amide bonds. The minimum Gasteiger partial charge on any atom is -0.480 e. The van der Waals surface area contributed by atoms with Crippen LogP contribution in [0.5, 0.6) is 0 Å². The van der Waals surface area contributed by atoms with Crippen LogP contribution in [0.15, 0.2) is 40.4 Å². The first-order chi connectivity index (χ1) is 10.1. The first kappa shape index (κ1) is 14.0. The number of carbonyl (C=O) groups is 1. The lowest BCUT2D eigenvalue weighted by molar-refractivity contribution is -0.134. The minimum atomic E-state index is -0.929. The molecule has 0 spiro atoms. The van der Waals surface area contributed by atoms with Crippen LogP contribution in [0.3, 0.4) is 0 Å². The Hall–Kier alpha value is -1.99. The highest BCUT2D eigenvalue weighted by Gasteiger charge is 2.13. The second kappa shape index (κ2) is 5.79. The molecule has 2 N–H and O–H groups in total. The zero-order chi connectivity index (χ0) is 14.8. The molecule has 0 unspecified atom stereocenters. The molecule has 7 heteroatoms. The number of nitrogens with zero attached hydrogens (tertiary/aromatic N) is 2. The van der Waals surface area contributed by atoms with Crippen LogP contribution in [-0.2, 0) is 4.79 Å². The fraction of sp³-hybridized carbons (Fsp3) is 0.0714. The van der Waals surface area contributed by atoms with Crippen molar-refractivity contribution < 1.29 is 9.90 Å². The van der Waals surface area contributed by atoms with Gasteiger partial charge in [-0.2, -0.15) is 0 Å². The van der Waals surface area contributed by atoms with E-state index in [0.29, 0.717) is 5.82 Å². The van der Waals surface area contributed by atoms with Crippen molar-refractivity contribution in [3.05, 3.63) is 40.4 Å². The summed E-state index contributed by atoms with van der Waals surface area (Å²) in [7, 11) is 0. The third-order valence-corrected chi connectivity index (χ3v) is 4.35. The molecule has 0 aliphatic rings. The van der Waals surface area contributed by atoms with Gasteiger partial charge in [0.2, 0.25) is 0 Å². The van der Waals surface area contributed by atoms with E-state index in [1.807, 2.05) is 29.6 Å². The topological polar surface area (TPSA) is 75.1 Å². The Kier molecular flexibility index (Phi) is 3.85. The van der Waals surface area contributed by atoms with Gasteiger partial charge in [-0.15, -0.1) is 11.3 Å². The lowest BCUT2D eigenvalue weighted by atomic mass is 10.1. The summed E-state index contributed by atoms with van der Waals surface area (Å²) < 4.78 is 1.01. The predicted molar refractivity (Wildman–Crippen MR) is 86.7 cm³/mol. The zero-order valence-electron chi connectivity index (χ0n) is 10.7. The number of nitrogens with one attached hydrogen (secondary N) is 1. The van der Waals surface area contributed by atoms with E-state index in [4.69, 9.17) is 5.11 Å². The third kappa shape index (κ3) is 2.88. The first-order valence-corrected chi connectivity index (χ1v) is 7.76. The van der Waals surface area contributed by atoms with Gasteiger partial charge in [-0.05, 0) is 17.7 Å². The molecule has 0 atom stereocenters. The van der Waals surface area contributed by atoms with Crippen molar-refractivity contribution in [3.63, 3.8) is 0 Å². The summed E-state index contributed by atoms with van der Waals surface area (Å²) in [4.78, 5) is 20.0. The van der Waals surface area contributed by atoms with Gasteiger partial charge in [0.05, 0.1) is 5.39 Å². The van der Waals surface area contributed by atoms with Gasteiger partial charge >= 0.3 is 5.97 Å². The summed E-state index contributed by atoms with van der Waals surface area (Å²) in [5, 5.41) is 14.5. The van der Waals surface area contributed by atoms with E-state index in [0.717, 1.165) is 25.8 Å². The number of anilines is 1. The van der Waals surface area contributed by atoms with Gasteiger partial charge in [-0.1, -0.05) is 28.1 Å². The Balaban J connectivity index is 2.10. The van der Waals surface area contributed by atoms with Crippen LogP contribution in [0.4, 0.5) is 5.82 Å². The molecule has 3 rings (SSSR count). The van der Waals surface area contributed by atoms with E-state index < -0.39 is 5.97 Å². The largest absolute Gasteiger partial charge is 0.480 e. The van der Waals surface area contributed by atoms with Gasteiger partial charge in [0.15, 0.2) is 0 Å². The summed E-state index contributed by atoms with van der Waals surface area (Å²) in [5.74, 6) is -0.385. The van der Waals surface area contributed by atoms with Crippen molar-refractivity contribution >= 4 is 49.3 Å². The fourth-order valence-electron chi connectivity index (χ4n) is 2.01. The molecular weight excluding hydrogens is 354 g/mol. The highest BCUT2D eigenvalue weighted by molar-refractivity contribution is 9.10. The summed E-state index contributed by atoms with van der Waals surface area (Å²) in [6.45, 7) is -0.179. The summed E-state index contributed by atoms with van der Waals surface area (Å²) in [6.07, 6.45) is 1.44. The molecule has 0 radical (unpaired) electrons. The maximum atomic E-state index is 10.7. The second-order valence-electron chi connectivity index (χ2n) is 4.31. The van der Waals surface area contributed by atoms with E-state index in [9.17, 15) is 4.79 Å². The lowest BCUT2D eigenvalue weighted by Crippen LogP contribution is -2.13. The molecule has 1 aromatic carbocycles. The summed E-state index contributed by atoms with van der Waals surface area (Å²) >= 11 is 4.93. The Morgan fingerprint density at radius 3 is 2.76 bits per heavy atom. The Morgan fingerprint density at radius 1 is 1.29 bits per heavy atom. The summed E-state index contributed by atoms with van der Waals surface area (Å²) in [6, 6.07) is 7.93. The van der Waals surface area contributed by atoms with Crippen molar-refractivity contribution in [3.8, 4) is 11.1 Å². The van der Waals surface area contributed by atoms with Crippen LogP contribution < -0.4 is 5.32 Å². The van der Waals surface area contributed by atoms with Gasteiger partial charge in [-0.25, -0.2) is 9.97 Å². The van der Waals surface area contributed by atoms with Crippen LogP contribution in [0.25, 0.3) is 21.3 Å². The third-order valence-electron chi connectivity index (χ3n) is 2.93. The number of carboxylic acids is 1. The Bertz CT molecular complexity index is 802. The first-order valence-electron chi connectivity index (χ1n) is 6.09. The van der Waals surface area contributed by atoms with Gasteiger partial charge < -0.3 is 10.4 Å². The van der Waals surface area contributed by atoms with Crippen LogP contribution in [0, 0.1) is 0 Å². The second-order valence-corrected chi connectivity index (χ2v) is 6.08. The molecular formula is C14H10BrN3O2S. The van der Waals surface area contributed by atoms with E-state index in [-0.39, 0.29) is 6.54 Å². The molecule has 5 nitrogen and oxygen atoms in total. The molecule has 0 fully saturated rings. The molecule has 0 aliphatic heterocycles. The monoisotopic (exact) mass is 363 g/mol. The van der Waals surface area contributed by atoms with Crippen molar-refractivity contribution in [1.82, 2.24) is 9.97 Å². The van der Waals surface area contributed by atoms with Crippen LogP contribution in [0.2, 0.25) is 0 Å². The highest BCUT2D eigenvalue weighted by atomic mass is 79.9. The lowest BCUT2D eigenvalue weighted by Gasteiger charge is -2.06. The van der Waals surface area contributed by atoms with E-state index in [1.165, 1.54) is 17.7 Å². The fourth-order valence-corrected chi connectivity index (χ4v) is 3.19. The predicted octanol–water partition coefficient (Wildman–Crippen LogP) is 3.62. The Morgan fingerprint density at radius 2 is 2.05 bits per heavy atom. The standard InChI is InChI=1S/C14H10BrN3O2S/c15-9-3-1-8(2-4-9)10-6-21-14-12(10)13(17-7-18-14)16-5-11(19)20/h1-4,6-7H,5H2,(H,19,20)(H,16,17,18). The number of carboxylic acid groups (broad SMARTS) is 1. The van der Waals surface area contributed by atoms with Crippen molar-refractivity contribution in [1.29, 1.82) is 0 Å². The van der Waals surface area contributed by atoms with Crippen molar-refractivity contribution in [2.24, 2.45) is 0 Å². The SMILES string of the molecule is O=C(O)CNc1ncnc2scc(-c3ccc(Br)cc3)c12. The smallest absolute Gasteiger partial charge is 0.322 e. The molecule has 21 heavy (non-hydrogen) atoms. The van der Waals surface area contributed by atoms with Gasteiger partial charge in [0, 0.05) is 15.4 Å². The zero-order valence-corrected chi connectivity index (χ0v) is 13.1. The maximum Gasteiger partial charge on any atom is 0.322 e. The average Bonchev–Trinajstić information content (AvgIpc) is 2.90. The highest BCUT2D eigenvalue weighted by Crippen LogP contribution is 2.36. The number of hydrogen-bond acceptors (Lipinski definition) is 5. The normalized spacial score (nSPS) is 10.7. The number of thiophene rings is 1. The van der Waals surface area contributed by atoms with E-state index in [1.54, 1.807) is 0 Å². The molecule has 0 saturated heterocycles. The molecule has 2 aromatic heterocycles. The van der Waals surface area contributed by atoms with Crippen LogP contribution in [0.1, 0.15) is 0 Å². The number of aromatic nitrogens is 2. The number of rotatable bonds is 4. The Labute approximate surface area is 132 Å². The molecule has 0 bridgehead atoms. The number of hydrogen-bond donors (Lipinski definition) is 2. The average molecular weight is 364 g/mol. The van der Waals surface area contributed by atoms with Crippen LogP contribution in [-0.4, -0.2) is 27.6 Å². The van der Waals surface area contributed by atoms with Gasteiger partial charge in [-0.3, -0.25) is 4.79 Å². The number of benzene rings is 1. The molecule has 0 aliphatic carbocycles. The minimum absolute atomic E-state index is 0.179. The number of halogens is 1. The molecule has 2 heterocycles. The van der Waals surface area contributed by atoms with E-state index >= 15 is 0 Å². The molecule has 3 aromatic rings. The van der Waals surface area contributed by atoms with Gasteiger partial charge in [0.1, 0.15) is 23.5 Å². The molecule has 106 valence electrons. The molecule has 0 saturated carbocycles. The summed E-state index contributed by atoms with van der Waals surface area (Å²) in [5.41, 5.74) is 2.04. The van der Waals surface area contributed by atoms with Crippen molar-refractivity contribution in [2.45, 2.75) is 0 Å². The maximum absolute atomic E-state index is 10.7. The van der Waals surface area contributed by atoms with Crippen LogP contribution >= 0.6 is 27.3 Å².